The second-order valence-corrected chi connectivity index (χ2v) is 3.68. The molecule has 106 valence electrons. The van der Waals surface area contributed by atoms with Gasteiger partial charge in [-0.15, -0.1) is 0 Å². The lowest BCUT2D eigenvalue weighted by molar-refractivity contribution is -0.116. The van der Waals surface area contributed by atoms with Crippen LogP contribution in [-0.2, 0) is 4.79 Å². The van der Waals surface area contributed by atoms with E-state index in [2.05, 4.69) is 10.1 Å². The number of nitrogens with one attached hydrogen (secondary N) is 1. The van der Waals surface area contributed by atoms with Gasteiger partial charge >= 0.3 is 6.61 Å². The van der Waals surface area contributed by atoms with Crippen LogP contribution in [0.1, 0.15) is 12.8 Å². The Morgan fingerprint density at radius 3 is 2.79 bits per heavy atom. The highest BCUT2D eigenvalue weighted by atomic mass is 19.3. The largest absolute Gasteiger partial charge is 0.497 e. The molecule has 0 saturated carbocycles. The number of nitrogens with two attached hydrogens (primary N) is 1. The van der Waals surface area contributed by atoms with Gasteiger partial charge in [-0.3, -0.25) is 4.79 Å². The highest BCUT2D eigenvalue weighted by Crippen LogP contribution is 2.30. The molecule has 0 aliphatic heterocycles. The van der Waals surface area contributed by atoms with Gasteiger partial charge in [0.25, 0.3) is 0 Å². The molecule has 0 aliphatic rings. The average molecular weight is 274 g/mol. The smallest absolute Gasteiger partial charge is 0.387 e. The quantitative estimate of drug-likeness (QED) is 0.797. The van der Waals surface area contributed by atoms with Crippen molar-refractivity contribution in [3.8, 4) is 11.5 Å². The third-order valence-electron chi connectivity index (χ3n) is 2.28. The van der Waals surface area contributed by atoms with Gasteiger partial charge in [0.2, 0.25) is 5.91 Å². The molecule has 0 spiro atoms. The summed E-state index contributed by atoms with van der Waals surface area (Å²) < 4.78 is 33.8. The lowest BCUT2D eigenvalue weighted by Crippen LogP contribution is -2.15. The number of ether oxygens (including phenoxy) is 2. The number of carbonyl (C=O) groups is 1. The minimum absolute atomic E-state index is 0.114. The molecule has 1 aromatic carbocycles. The number of benzene rings is 1. The maximum Gasteiger partial charge on any atom is 0.387 e. The van der Waals surface area contributed by atoms with Crippen molar-refractivity contribution in [1.29, 1.82) is 0 Å². The van der Waals surface area contributed by atoms with Crippen LogP contribution in [0.25, 0.3) is 0 Å². The van der Waals surface area contributed by atoms with E-state index in [-0.39, 0.29) is 23.8 Å². The van der Waals surface area contributed by atoms with E-state index in [1.165, 1.54) is 25.3 Å². The SMILES string of the molecule is COc1ccc(OC(F)F)c(NC(=O)CCCN)c1. The first-order chi connectivity index (χ1) is 9.06. The molecule has 0 saturated heterocycles. The normalized spacial score (nSPS) is 10.4. The number of hydrogen-bond acceptors (Lipinski definition) is 4. The molecule has 1 rings (SSSR count). The summed E-state index contributed by atoms with van der Waals surface area (Å²) in [7, 11) is 1.43. The molecule has 0 fully saturated rings. The van der Waals surface area contributed by atoms with Crippen molar-refractivity contribution in [1.82, 2.24) is 0 Å². The van der Waals surface area contributed by atoms with E-state index < -0.39 is 6.61 Å². The second kappa shape index (κ2) is 7.52. The average Bonchev–Trinajstić information content (AvgIpc) is 2.37. The summed E-state index contributed by atoms with van der Waals surface area (Å²) in [4.78, 5) is 11.6. The van der Waals surface area contributed by atoms with E-state index in [0.717, 1.165) is 0 Å². The fourth-order valence-corrected chi connectivity index (χ4v) is 1.41. The van der Waals surface area contributed by atoms with Gasteiger partial charge < -0.3 is 20.5 Å². The number of methoxy groups -OCH3 is 1. The molecule has 5 nitrogen and oxygen atoms in total. The van der Waals surface area contributed by atoms with Gasteiger partial charge in [0, 0.05) is 12.5 Å². The first kappa shape index (κ1) is 15.2. The molecule has 1 aromatic rings. The van der Waals surface area contributed by atoms with Crippen LogP contribution in [0.15, 0.2) is 18.2 Å². The maximum atomic E-state index is 12.2. The van der Waals surface area contributed by atoms with Gasteiger partial charge in [0.15, 0.2) is 0 Å². The first-order valence-electron chi connectivity index (χ1n) is 5.69. The molecule has 0 radical (unpaired) electrons. The molecular formula is C12H16F2N2O3. The van der Waals surface area contributed by atoms with E-state index in [1.807, 2.05) is 0 Å². The van der Waals surface area contributed by atoms with Crippen LogP contribution < -0.4 is 20.5 Å². The van der Waals surface area contributed by atoms with E-state index in [9.17, 15) is 13.6 Å². The third-order valence-corrected chi connectivity index (χ3v) is 2.28. The lowest BCUT2D eigenvalue weighted by Gasteiger charge is -2.13. The molecule has 7 heteroatoms. The van der Waals surface area contributed by atoms with E-state index in [4.69, 9.17) is 10.5 Å². The topological polar surface area (TPSA) is 73.6 Å². The zero-order chi connectivity index (χ0) is 14.3. The Morgan fingerprint density at radius 2 is 2.21 bits per heavy atom. The van der Waals surface area contributed by atoms with Crippen molar-refractivity contribution in [2.75, 3.05) is 19.0 Å². The van der Waals surface area contributed by atoms with Crippen LogP contribution in [0, 0.1) is 0 Å². The van der Waals surface area contributed by atoms with Crippen LogP contribution in [0.2, 0.25) is 0 Å². The van der Waals surface area contributed by atoms with Crippen LogP contribution in [-0.4, -0.2) is 26.2 Å². The third kappa shape index (κ3) is 5.09. The van der Waals surface area contributed by atoms with E-state index >= 15 is 0 Å². The van der Waals surface area contributed by atoms with Crippen molar-refractivity contribution in [3.63, 3.8) is 0 Å². The molecule has 0 heterocycles. The molecule has 0 aromatic heterocycles. The number of amides is 1. The lowest BCUT2D eigenvalue weighted by atomic mass is 10.2. The molecule has 0 bridgehead atoms. The molecule has 0 atom stereocenters. The maximum absolute atomic E-state index is 12.2. The number of rotatable bonds is 7. The number of carbonyl (C=O) groups excluding carboxylic acids is 1. The molecule has 3 N–H and O–H groups in total. The summed E-state index contributed by atoms with van der Waals surface area (Å²) in [6.07, 6.45) is 0.725. The van der Waals surface area contributed by atoms with Crippen LogP contribution in [0.4, 0.5) is 14.5 Å². The van der Waals surface area contributed by atoms with E-state index in [1.54, 1.807) is 0 Å². The van der Waals surface area contributed by atoms with Gasteiger partial charge in [0.1, 0.15) is 11.5 Å². The molecule has 0 aliphatic carbocycles. The molecule has 0 unspecified atom stereocenters. The minimum atomic E-state index is -2.96. The van der Waals surface area contributed by atoms with Gasteiger partial charge in [-0.1, -0.05) is 0 Å². The standard InChI is InChI=1S/C12H16F2N2O3/c1-18-8-4-5-10(19-12(13)14)9(7-8)16-11(17)3-2-6-15/h4-5,7,12H,2-3,6,15H2,1H3,(H,16,17). The molecule has 19 heavy (non-hydrogen) atoms. The van der Waals surface area contributed by atoms with Gasteiger partial charge in [-0.25, -0.2) is 0 Å². The predicted octanol–water partition coefficient (Wildman–Crippen LogP) is 1.97. The van der Waals surface area contributed by atoms with Crippen molar-refractivity contribution in [2.45, 2.75) is 19.5 Å². The van der Waals surface area contributed by atoms with E-state index in [0.29, 0.717) is 18.7 Å². The van der Waals surface area contributed by atoms with Gasteiger partial charge in [-0.2, -0.15) is 8.78 Å². The Labute approximate surface area is 109 Å². The van der Waals surface area contributed by atoms with Crippen molar-refractivity contribution >= 4 is 11.6 Å². The predicted molar refractivity (Wildman–Crippen MR) is 66.5 cm³/mol. The number of anilines is 1. The Morgan fingerprint density at radius 1 is 1.47 bits per heavy atom. The summed E-state index contributed by atoms with van der Waals surface area (Å²) >= 11 is 0. The second-order valence-electron chi connectivity index (χ2n) is 3.68. The number of alkyl halides is 2. The summed E-state index contributed by atoms with van der Waals surface area (Å²) in [5.41, 5.74) is 5.43. The van der Waals surface area contributed by atoms with Crippen molar-refractivity contribution in [3.05, 3.63) is 18.2 Å². The van der Waals surface area contributed by atoms with Gasteiger partial charge in [-0.05, 0) is 25.1 Å². The number of hydrogen-bond donors (Lipinski definition) is 2. The first-order valence-corrected chi connectivity index (χ1v) is 5.69. The Hall–Kier alpha value is -1.89. The minimum Gasteiger partial charge on any atom is -0.497 e. The van der Waals surface area contributed by atoms with Crippen LogP contribution in [0.3, 0.4) is 0 Å². The fourth-order valence-electron chi connectivity index (χ4n) is 1.41. The summed E-state index contributed by atoms with van der Waals surface area (Å²) in [5.74, 6) is -0.00883. The highest BCUT2D eigenvalue weighted by Gasteiger charge is 2.13. The summed E-state index contributed by atoms with van der Waals surface area (Å²) in [5, 5.41) is 2.49. The molecule has 1 amide bonds. The van der Waals surface area contributed by atoms with Crippen molar-refractivity contribution < 1.29 is 23.0 Å². The van der Waals surface area contributed by atoms with Gasteiger partial charge in [0.05, 0.1) is 12.8 Å². The zero-order valence-electron chi connectivity index (χ0n) is 10.5. The Bertz CT molecular complexity index is 427. The fraction of sp³-hybridized carbons (Fsp3) is 0.417. The molecular weight excluding hydrogens is 258 g/mol. The zero-order valence-corrected chi connectivity index (χ0v) is 10.5. The monoisotopic (exact) mass is 274 g/mol. The Balaban J connectivity index is 2.84. The number of halogens is 2. The van der Waals surface area contributed by atoms with Crippen LogP contribution in [0.5, 0.6) is 11.5 Å². The Kier molecular flexibility index (Phi) is 6.01. The summed E-state index contributed by atoms with van der Waals surface area (Å²) in [6.45, 7) is -2.58. The highest BCUT2D eigenvalue weighted by molar-refractivity contribution is 5.92. The van der Waals surface area contributed by atoms with Crippen LogP contribution >= 0.6 is 0 Å². The summed E-state index contributed by atoms with van der Waals surface area (Å²) in [6, 6.07) is 4.19. The van der Waals surface area contributed by atoms with Crippen molar-refractivity contribution in [2.24, 2.45) is 5.73 Å².